The summed E-state index contributed by atoms with van der Waals surface area (Å²) in [6.45, 7) is 1.87. The van der Waals surface area contributed by atoms with Crippen LogP contribution in [0.25, 0.3) is 11.1 Å². The molecule has 1 heterocycles. The monoisotopic (exact) mass is 478 g/mol. The molecule has 162 valence electrons. The number of ether oxygens (including phenoxy) is 2. The maximum absolute atomic E-state index is 11.8. The Kier molecular flexibility index (Phi) is 5.92. The van der Waals surface area contributed by atoms with Gasteiger partial charge in [-0.1, -0.05) is 53.0 Å². The Bertz CT molecular complexity index is 1270. The molecule has 31 heavy (non-hydrogen) atoms. The molecule has 0 fully saturated rings. The molecule has 1 aliphatic heterocycles. The zero-order valence-corrected chi connectivity index (χ0v) is 19.2. The zero-order chi connectivity index (χ0) is 22.3. The number of halogens is 2. The lowest BCUT2D eigenvalue weighted by atomic mass is 9.98. The van der Waals surface area contributed by atoms with Crippen LogP contribution in [0.15, 0.2) is 53.4 Å². The van der Waals surface area contributed by atoms with Crippen molar-refractivity contribution in [1.82, 2.24) is 0 Å². The van der Waals surface area contributed by atoms with Gasteiger partial charge in [0.15, 0.2) is 0 Å². The second-order valence-electron chi connectivity index (χ2n) is 7.50. The lowest BCUT2D eigenvalue weighted by Gasteiger charge is -2.16. The minimum absolute atomic E-state index is 0.103. The Morgan fingerprint density at radius 1 is 1.13 bits per heavy atom. The number of fused-ring (bicyclic) bond motifs is 1. The molecule has 1 N–H and O–H groups in total. The van der Waals surface area contributed by atoms with E-state index in [0.717, 1.165) is 22.3 Å². The van der Waals surface area contributed by atoms with Crippen LogP contribution in [-0.2, 0) is 23.0 Å². The van der Waals surface area contributed by atoms with E-state index in [-0.39, 0.29) is 11.0 Å². The largest absolute Gasteiger partial charge is 0.497 e. The van der Waals surface area contributed by atoms with E-state index < -0.39 is 10.1 Å². The minimum Gasteiger partial charge on any atom is -0.497 e. The molecule has 4 rings (SSSR count). The third-order valence-corrected chi connectivity index (χ3v) is 7.06. The summed E-state index contributed by atoms with van der Waals surface area (Å²) < 4.78 is 45.0. The molecule has 5 nitrogen and oxygen atoms in total. The van der Waals surface area contributed by atoms with Gasteiger partial charge in [0.05, 0.1) is 22.1 Å². The van der Waals surface area contributed by atoms with Gasteiger partial charge in [0.1, 0.15) is 17.6 Å². The van der Waals surface area contributed by atoms with Gasteiger partial charge >= 0.3 is 0 Å². The van der Waals surface area contributed by atoms with Gasteiger partial charge in [0.2, 0.25) is 0 Å². The molecule has 8 heteroatoms. The van der Waals surface area contributed by atoms with Gasteiger partial charge in [0.25, 0.3) is 10.1 Å². The molecule has 0 radical (unpaired) electrons. The first-order valence-corrected chi connectivity index (χ1v) is 11.8. The molecule has 0 aromatic heterocycles. The first-order valence-electron chi connectivity index (χ1n) is 9.56. The van der Waals surface area contributed by atoms with E-state index in [9.17, 15) is 13.0 Å². The van der Waals surface area contributed by atoms with Crippen LogP contribution >= 0.6 is 23.2 Å². The molecule has 0 saturated carbocycles. The quantitative estimate of drug-likeness (QED) is 0.471. The summed E-state index contributed by atoms with van der Waals surface area (Å²) in [6.07, 6.45) is 0.550. The second-order valence-corrected chi connectivity index (χ2v) is 9.67. The number of rotatable bonds is 5. The number of hydrogen-bond donors (Lipinski definition) is 1. The fourth-order valence-electron chi connectivity index (χ4n) is 3.91. The first kappa shape index (κ1) is 22.0. The Hall–Kier alpha value is -2.25. The highest BCUT2D eigenvalue weighted by atomic mass is 35.5. The van der Waals surface area contributed by atoms with Crippen LogP contribution in [0.3, 0.4) is 0 Å². The second kappa shape index (κ2) is 8.36. The Balaban J connectivity index is 1.74. The summed E-state index contributed by atoms with van der Waals surface area (Å²) in [6, 6.07) is 14.0. The lowest BCUT2D eigenvalue weighted by Crippen LogP contribution is -2.18. The molecule has 0 saturated heterocycles. The zero-order valence-electron chi connectivity index (χ0n) is 16.9. The van der Waals surface area contributed by atoms with Gasteiger partial charge < -0.3 is 9.47 Å². The lowest BCUT2D eigenvalue weighted by molar-refractivity contribution is 0.233. The normalized spacial score (nSPS) is 15.5. The predicted molar refractivity (Wildman–Crippen MR) is 121 cm³/mol. The van der Waals surface area contributed by atoms with Gasteiger partial charge in [-0.25, -0.2) is 0 Å². The maximum Gasteiger partial charge on any atom is 0.294 e. The Morgan fingerprint density at radius 2 is 1.90 bits per heavy atom. The van der Waals surface area contributed by atoms with Crippen molar-refractivity contribution in [1.29, 1.82) is 0 Å². The molecular weight excluding hydrogens is 459 g/mol. The average molecular weight is 479 g/mol. The van der Waals surface area contributed by atoms with E-state index >= 15 is 0 Å². The molecule has 1 unspecified atom stereocenters. The smallest absolute Gasteiger partial charge is 0.294 e. The van der Waals surface area contributed by atoms with E-state index in [1.165, 1.54) is 6.07 Å². The van der Waals surface area contributed by atoms with Crippen LogP contribution < -0.4 is 9.47 Å². The third-order valence-electron chi connectivity index (χ3n) is 5.29. The van der Waals surface area contributed by atoms with Crippen LogP contribution in [0.5, 0.6) is 11.5 Å². The fourth-order valence-corrected chi connectivity index (χ4v) is 5.03. The molecule has 1 aliphatic rings. The summed E-state index contributed by atoms with van der Waals surface area (Å²) in [7, 11) is -2.75. The third kappa shape index (κ3) is 4.39. The molecule has 0 spiro atoms. The summed E-state index contributed by atoms with van der Waals surface area (Å²) in [5.41, 5.74) is 3.81. The summed E-state index contributed by atoms with van der Waals surface area (Å²) in [4.78, 5) is -0.103. The van der Waals surface area contributed by atoms with Crippen molar-refractivity contribution in [3.05, 3.63) is 75.3 Å². The van der Waals surface area contributed by atoms with E-state index in [4.69, 9.17) is 32.7 Å². The van der Waals surface area contributed by atoms with E-state index in [1.54, 1.807) is 25.3 Å². The van der Waals surface area contributed by atoms with Crippen LogP contribution in [0.1, 0.15) is 16.7 Å². The molecule has 0 aliphatic carbocycles. The van der Waals surface area contributed by atoms with Crippen LogP contribution in [-0.4, -0.2) is 26.2 Å². The molecule has 3 aromatic carbocycles. The van der Waals surface area contributed by atoms with Crippen LogP contribution in [0.4, 0.5) is 0 Å². The van der Waals surface area contributed by atoms with Crippen LogP contribution in [0.2, 0.25) is 10.0 Å². The first-order chi connectivity index (χ1) is 14.7. The highest BCUT2D eigenvalue weighted by molar-refractivity contribution is 7.85. The molecule has 3 aromatic rings. The van der Waals surface area contributed by atoms with Crippen molar-refractivity contribution in [2.45, 2.75) is 30.8 Å². The SMILES string of the molecule is COc1cc2c(c(-c3cccc(Cl)c3Cl)c1)OC(Cc1cc(C)ccc1S(=O)(=O)O)C2. The van der Waals surface area contributed by atoms with Gasteiger partial charge in [-0.15, -0.1) is 0 Å². The van der Waals surface area contributed by atoms with Gasteiger partial charge in [0, 0.05) is 29.5 Å². The van der Waals surface area contributed by atoms with Gasteiger partial charge in [-0.2, -0.15) is 8.42 Å². The Morgan fingerprint density at radius 3 is 2.61 bits per heavy atom. The molecule has 1 atom stereocenters. The average Bonchev–Trinajstić information content (AvgIpc) is 3.10. The standard InChI is InChI=1S/C23H20Cl2O5S/c1-13-6-7-21(31(26,27)28)14(8-13)9-17-11-15-10-16(29-2)12-19(23(15)30-17)18-4-3-5-20(24)22(18)25/h3-8,10,12,17H,9,11H2,1-2H3,(H,26,27,28). The van der Waals surface area contributed by atoms with Crippen molar-refractivity contribution in [3.63, 3.8) is 0 Å². The number of hydrogen-bond acceptors (Lipinski definition) is 4. The van der Waals surface area contributed by atoms with Gasteiger partial charge in [-0.05, 0) is 36.8 Å². The van der Waals surface area contributed by atoms with E-state index in [2.05, 4.69) is 0 Å². The summed E-state index contributed by atoms with van der Waals surface area (Å²) >= 11 is 12.7. The van der Waals surface area contributed by atoms with Crippen molar-refractivity contribution >= 4 is 33.3 Å². The van der Waals surface area contributed by atoms with Crippen LogP contribution in [0, 0.1) is 6.92 Å². The minimum atomic E-state index is -4.34. The van der Waals surface area contributed by atoms with E-state index in [1.807, 2.05) is 31.2 Å². The highest BCUT2D eigenvalue weighted by Crippen LogP contribution is 2.45. The maximum atomic E-state index is 11.8. The van der Waals surface area contributed by atoms with Crippen molar-refractivity contribution in [2.75, 3.05) is 7.11 Å². The molecule has 0 amide bonds. The van der Waals surface area contributed by atoms with Crippen molar-refractivity contribution in [2.24, 2.45) is 0 Å². The summed E-state index contributed by atoms with van der Waals surface area (Å²) in [5.74, 6) is 1.32. The van der Waals surface area contributed by atoms with Crippen molar-refractivity contribution in [3.8, 4) is 22.6 Å². The Labute approximate surface area is 191 Å². The van der Waals surface area contributed by atoms with Crippen molar-refractivity contribution < 1.29 is 22.4 Å². The number of aryl methyl sites for hydroxylation is 1. The van der Waals surface area contributed by atoms with Gasteiger partial charge in [-0.3, -0.25) is 4.55 Å². The number of methoxy groups -OCH3 is 1. The molecule has 0 bridgehead atoms. The predicted octanol–water partition coefficient (Wildman–Crippen LogP) is 5.77. The topological polar surface area (TPSA) is 72.8 Å². The highest BCUT2D eigenvalue weighted by Gasteiger charge is 2.30. The van der Waals surface area contributed by atoms with E-state index in [0.29, 0.717) is 39.9 Å². The fraction of sp³-hybridized carbons (Fsp3) is 0.217. The number of benzene rings is 3. The molecular formula is C23H20Cl2O5S. The summed E-state index contributed by atoms with van der Waals surface area (Å²) in [5, 5.41) is 0.849.